The average Bonchev–Trinajstić information content (AvgIpc) is 2.58. The number of ether oxygens (including phenoxy) is 2. The number of alkyl halides is 3. The van der Waals surface area contributed by atoms with Gasteiger partial charge in [-0.1, -0.05) is 36.4 Å². The van der Waals surface area contributed by atoms with Crippen molar-refractivity contribution < 1.29 is 37.0 Å². The lowest BCUT2D eigenvalue weighted by Gasteiger charge is -2.24. The minimum atomic E-state index is -5.14. The maximum atomic E-state index is 12.5. The third kappa shape index (κ3) is 6.93. The van der Waals surface area contributed by atoms with Gasteiger partial charge in [-0.05, 0) is 5.56 Å². The van der Waals surface area contributed by atoms with E-state index in [2.05, 4.69) is 16.1 Å². The Hall–Kier alpha value is -2.88. The fourth-order valence-corrected chi connectivity index (χ4v) is 1.79. The summed E-state index contributed by atoms with van der Waals surface area (Å²) in [7, 11) is 0. The topological polar surface area (TPSA) is 98.9 Å². The first-order valence-electron chi connectivity index (χ1n) is 7.30. The van der Waals surface area contributed by atoms with Gasteiger partial charge in [-0.25, -0.2) is 9.59 Å². The van der Waals surface area contributed by atoms with E-state index in [4.69, 9.17) is 5.73 Å². The van der Waals surface area contributed by atoms with Crippen LogP contribution >= 0.6 is 0 Å². The second kappa shape index (κ2) is 9.56. The molecule has 1 atom stereocenters. The van der Waals surface area contributed by atoms with Gasteiger partial charge in [0.2, 0.25) is 0 Å². The number of nitrogens with two attached hydrogens (primary N) is 1. The lowest BCUT2D eigenvalue weighted by Crippen LogP contribution is -2.50. The molecular weight excluding hydrogens is 357 g/mol. The van der Waals surface area contributed by atoms with Gasteiger partial charge >= 0.3 is 24.2 Å². The SMILES string of the molecule is C=CCN(C[C@H](N)C(=O)OC(=O)OCc1ccccc1)C(=O)C(F)(F)F. The smallest absolute Gasteiger partial charge is 0.429 e. The number of hydrogen-bond donors (Lipinski definition) is 1. The predicted octanol–water partition coefficient (Wildman–Crippen LogP) is 1.77. The van der Waals surface area contributed by atoms with E-state index in [1.165, 1.54) is 0 Å². The molecule has 0 aliphatic carbocycles. The van der Waals surface area contributed by atoms with Gasteiger partial charge in [-0.3, -0.25) is 4.79 Å². The van der Waals surface area contributed by atoms with Crippen molar-refractivity contribution in [3.63, 3.8) is 0 Å². The van der Waals surface area contributed by atoms with E-state index in [0.717, 1.165) is 6.08 Å². The third-order valence-electron chi connectivity index (χ3n) is 2.98. The molecule has 142 valence electrons. The fraction of sp³-hybridized carbons (Fsp3) is 0.312. The average molecular weight is 374 g/mol. The van der Waals surface area contributed by atoms with Crippen LogP contribution in [0.3, 0.4) is 0 Å². The molecule has 1 aromatic carbocycles. The Balaban J connectivity index is 2.55. The van der Waals surface area contributed by atoms with Crippen LogP contribution in [-0.2, 0) is 25.7 Å². The van der Waals surface area contributed by atoms with Crippen molar-refractivity contribution in [3.05, 3.63) is 48.6 Å². The number of esters is 1. The van der Waals surface area contributed by atoms with Crippen LogP contribution in [-0.4, -0.2) is 48.2 Å². The second-order valence-corrected chi connectivity index (χ2v) is 5.05. The Labute approximate surface area is 147 Å². The highest BCUT2D eigenvalue weighted by Gasteiger charge is 2.43. The summed E-state index contributed by atoms with van der Waals surface area (Å²) in [6, 6.07) is 6.81. The first-order chi connectivity index (χ1) is 12.1. The molecule has 0 aliphatic heterocycles. The molecule has 7 nitrogen and oxygen atoms in total. The molecule has 0 heterocycles. The summed E-state index contributed by atoms with van der Waals surface area (Å²) in [5, 5.41) is 0. The Bertz CT molecular complexity index is 649. The van der Waals surface area contributed by atoms with Crippen LogP contribution in [0.4, 0.5) is 18.0 Å². The summed E-state index contributed by atoms with van der Waals surface area (Å²) in [5.74, 6) is -3.51. The molecule has 0 bridgehead atoms. The zero-order valence-corrected chi connectivity index (χ0v) is 13.6. The molecule has 0 saturated carbocycles. The Morgan fingerprint density at radius 3 is 2.38 bits per heavy atom. The van der Waals surface area contributed by atoms with Gasteiger partial charge < -0.3 is 20.1 Å². The predicted molar refractivity (Wildman–Crippen MR) is 83.5 cm³/mol. The molecule has 0 aromatic heterocycles. The maximum absolute atomic E-state index is 12.5. The quantitative estimate of drug-likeness (QED) is 0.444. The largest absolute Gasteiger partial charge is 0.516 e. The highest BCUT2D eigenvalue weighted by atomic mass is 19.4. The number of carbonyl (C=O) groups is 3. The Morgan fingerprint density at radius 2 is 1.85 bits per heavy atom. The van der Waals surface area contributed by atoms with Crippen LogP contribution in [0.2, 0.25) is 0 Å². The summed E-state index contributed by atoms with van der Waals surface area (Å²) in [5.41, 5.74) is 6.04. The molecule has 26 heavy (non-hydrogen) atoms. The molecule has 0 fully saturated rings. The van der Waals surface area contributed by atoms with E-state index in [1.807, 2.05) is 0 Å². The van der Waals surface area contributed by atoms with Gasteiger partial charge in [0.15, 0.2) is 0 Å². The molecule has 10 heteroatoms. The van der Waals surface area contributed by atoms with E-state index in [-0.39, 0.29) is 11.5 Å². The molecule has 2 N–H and O–H groups in total. The lowest BCUT2D eigenvalue weighted by molar-refractivity contribution is -0.185. The minimum Gasteiger partial charge on any atom is -0.429 e. The van der Waals surface area contributed by atoms with Gasteiger partial charge in [0, 0.05) is 13.1 Å². The molecule has 0 unspecified atom stereocenters. The van der Waals surface area contributed by atoms with E-state index in [9.17, 15) is 27.6 Å². The standard InChI is InChI=1S/C16H17F3N2O5/c1-2-8-21(14(23)16(17,18)19)9-12(20)13(22)26-15(24)25-10-11-6-4-3-5-7-11/h2-7,12H,1,8-10,20H2/t12-/m0/s1. The van der Waals surface area contributed by atoms with Gasteiger partial charge in [0.05, 0.1) is 0 Å². The third-order valence-corrected chi connectivity index (χ3v) is 2.98. The highest BCUT2D eigenvalue weighted by Crippen LogP contribution is 2.18. The van der Waals surface area contributed by atoms with Crippen LogP contribution in [0.15, 0.2) is 43.0 Å². The first-order valence-corrected chi connectivity index (χ1v) is 7.30. The molecule has 1 rings (SSSR count). The number of nitrogens with zero attached hydrogens (tertiary/aromatic N) is 1. The van der Waals surface area contributed by atoms with Crippen LogP contribution in [0.25, 0.3) is 0 Å². The summed E-state index contributed by atoms with van der Waals surface area (Å²) in [6.45, 7) is 1.76. The number of rotatable bonds is 7. The normalized spacial score (nSPS) is 12.0. The summed E-state index contributed by atoms with van der Waals surface area (Å²) in [6.07, 6.45) is -5.46. The monoisotopic (exact) mass is 374 g/mol. The molecule has 0 spiro atoms. The van der Waals surface area contributed by atoms with Crippen LogP contribution < -0.4 is 5.73 Å². The molecule has 1 aromatic rings. The number of benzene rings is 1. The zero-order valence-electron chi connectivity index (χ0n) is 13.6. The van der Waals surface area contributed by atoms with Crippen molar-refractivity contribution in [1.29, 1.82) is 0 Å². The van der Waals surface area contributed by atoms with Crippen LogP contribution in [0.5, 0.6) is 0 Å². The number of halogens is 3. The number of hydrogen-bond acceptors (Lipinski definition) is 6. The molecular formula is C16H17F3N2O5. The van der Waals surface area contributed by atoms with E-state index in [0.29, 0.717) is 5.56 Å². The van der Waals surface area contributed by atoms with E-state index in [1.54, 1.807) is 30.3 Å². The zero-order chi connectivity index (χ0) is 19.7. The van der Waals surface area contributed by atoms with Crippen molar-refractivity contribution in [2.45, 2.75) is 18.8 Å². The van der Waals surface area contributed by atoms with Crippen molar-refractivity contribution in [3.8, 4) is 0 Å². The summed E-state index contributed by atoms with van der Waals surface area (Å²) >= 11 is 0. The molecule has 0 saturated heterocycles. The van der Waals surface area contributed by atoms with Gasteiger partial charge in [-0.15, -0.1) is 6.58 Å². The number of amides is 1. The van der Waals surface area contributed by atoms with Crippen LogP contribution in [0.1, 0.15) is 5.56 Å². The van der Waals surface area contributed by atoms with Crippen LogP contribution in [0, 0.1) is 0 Å². The van der Waals surface area contributed by atoms with E-state index < -0.39 is 43.3 Å². The van der Waals surface area contributed by atoms with Crippen molar-refractivity contribution in [2.24, 2.45) is 5.73 Å². The van der Waals surface area contributed by atoms with Gasteiger partial charge in [0.1, 0.15) is 12.6 Å². The summed E-state index contributed by atoms with van der Waals surface area (Å²) in [4.78, 5) is 34.6. The Morgan fingerprint density at radius 1 is 1.23 bits per heavy atom. The van der Waals surface area contributed by atoms with Gasteiger partial charge in [-0.2, -0.15) is 13.2 Å². The van der Waals surface area contributed by atoms with Gasteiger partial charge in [0.25, 0.3) is 0 Å². The first kappa shape index (κ1) is 21.2. The number of carbonyl (C=O) groups excluding carboxylic acids is 3. The summed E-state index contributed by atoms with van der Waals surface area (Å²) < 4.78 is 46.5. The molecule has 1 amide bonds. The Kier molecular flexibility index (Phi) is 7.78. The minimum absolute atomic E-state index is 0.169. The van der Waals surface area contributed by atoms with Crippen molar-refractivity contribution in [2.75, 3.05) is 13.1 Å². The van der Waals surface area contributed by atoms with E-state index >= 15 is 0 Å². The second-order valence-electron chi connectivity index (χ2n) is 5.05. The maximum Gasteiger partial charge on any atom is 0.516 e. The molecule has 0 aliphatic rings. The van der Waals surface area contributed by atoms with Crippen molar-refractivity contribution in [1.82, 2.24) is 4.90 Å². The van der Waals surface area contributed by atoms with Crippen molar-refractivity contribution >= 4 is 18.0 Å². The fourth-order valence-electron chi connectivity index (χ4n) is 1.79. The molecule has 0 radical (unpaired) electrons. The lowest BCUT2D eigenvalue weighted by atomic mass is 10.2. The highest BCUT2D eigenvalue weighted by molar-refractivity contribution is 5.87.